The lowest BCUT2D eigenvalue weighted by Crippen LogP contribution is -2.56. The molecule has 2 amide bonds. The van der Waals surface area contributed by atoms with Crippen LogP contribution in [-0.2, 0) is 5.75 Å². The third-order valence-electron chi connectivity index (χ3n) is 4.23. The highest BCUT2D eigenvalue weighted by Crippen LogP contribution is 2.33. The van der Waals surface area contributed by atoms with Crippen molar-refractivity contribution in [1.82, 2.24) is 10.6 Å². The van der Waals surface area contributed by atoms with Crippen molar-refractivity contribution in [2.75, 3.05) is 7.11 Å². The molecule has 2 aromatic carbocycles. The number of benzene rings is 2. The molecule has 0 aliphatic carbocycles. The van der Waals surface area contributed by atoms with Gasteiger partial charge in [0, 0.05) is 17.0 Å². The summed E-state index contributed by atoms with van der Waals surface area (Å²) < 4.78 is 5.20. The fourth-order valence-electron chi connectivity index (χ4n) is 2.93. The van der Waals surface area contributed by atoms with E-state index in [2.05, 4.69) is 41.8 Å². The molecule has 1 aliphatic heterocycles. The molecule has 0 bridgehead atoms. The first-order valence-corrected chi connectivity index (χ1v) is 9.09. The minimum Gasteiger partial charge on any atom is -0.497 e. The Balaban J connectivity index is 1.73. The molecule has 1 heterocycles. The van der Waals surface area contributed by atoms with Gasteiger partial charge < -0.3 is 15.4 Å². The SMILES string of the molecule is COc1ccc(CS[C@@H]2[C@@H](C)NC(=O)N[C@H]2c2ccccc2)cc1. The van der Waals surface area contributed by atoms with E-state index < -0.39 is 0 Å². The molecule has 126 valence electrons. The Hall–Kier alpha value is -2.14. The van der Waals surface area contributed by atoms with Gasteiger partial charge in [-0.3, -0.25) is 0 Å². The van der Waals surface area contributed by atoms with Crippen LogP contribution in [0.5, 0.6) is 5.75 Å². The van der Waals surface area contributed by atoms with Crippen LogP contribution in [0.2, 0.25) is 0 Å². The van der Waals surface area contributed by atoms with Crippen LogP contribution in [0, 0.1) is 0 Å². The number of urea groups is 1. The largest absolute Gasteiger partial charge is 0.497 e. The van der Waals surface area contributed by atoms with E-state index in [1.54, 1.807) is 7.11 Å². The summed E-state index contributed by atoms with van der Waals surface area (Å²) in [5, 5.41) is 6.33. The zero-order valence-electron chi connectivity index (χ0n) is 13.9. The summed E-state index contributed by atoms with van der Waals surface area (Å²) in [6.07, 6.45) is 0. The fourth-order valence-corrected chi connectivity index (χ4v) is 4.28. The first-order chi connectivity index (χ1) is 11.7. The second kappa shape index (κ2) is 7.62. The Bertz CT molecular complexity index is 676. The van der Waals surface area contributed by atoms with Crippen molar-refractivity contribution in [2.45, 2.75) is 30.0 Å². The predicted octanol–water partition coefficient (Wildman–Crippen LogP) is 3.74. The second-order valence-corrected chi connectivity index (χ2v) is 7.08. The van der Waals surface area contributed by atoms with Gasteiger partial charge in [0.1, 0.15) is 5.75 Å². The van der Waals surface area contributed by atoms with Crippen molar-refractivity contribution >= 4 is 17.8 Å². The predicted molar refractivity (Wildman–Crippen MR) is 98.4 cm³/mol. The number of ether oxygens (including phenoxy) is 1. The first kappa shape index (κ1) is 16.7. The molecule has 3 atom stereocenters. The summed E-state index contributed by atoms with van der Waals surface area (Å²) in [7, 11) is 1.67. The number of thioether (sulfide) groups is 1. The van der Waals surface area contributed by atoms with Crippen molar-refractivity contribution in [3.8, 4) is 5.75 Å². The molecule has 2 aromatic rings. The van der Waals surface area contributed by atoms with Gasteiger partial charge >= 0.3 is 6.03 Å². The Morgan fingerprint density at radius 1 is 1.04 bits per heavy atom. The summed E-state index contributed by atoms with van der Waals surface area (Å²) in [5.41, 5.74) is 2.39. The van der Waals surface area contributed by atoms with Gasteiger partial charge in [0.05, 0.1) is 13.2 Å². The quantitative estimate of drug-likeness (QED) is 0.870. The van der Waals surface area contributed by atoms with E-state index in [1.807, 2.05) is 42.1 Å². The number of amides is 2. The number of carbonyl (C=O) groups excluding carboxylic acids is 1. The summed E-state index contributed by atoms with van der Waals surface area (Å²) in [4.78, 5) is 11.9. The average Bonchev–Trinajstić information content (AvgIpc) is 2.61. The lowest BCUT2D eigenvalue weighted by molar-refractivity contribution is 0.222. The molecule has 4 nitrogen and oxygen atoms in total. The lowest BCUT2D eigenvalue weighted by atomic mass is 9.98. The van der Waals surface area contributed by atoms with E-state index in [1.165, 1.54) is 5.56 Å². The molecule has 0 aromatic heterocycles. The maximum atomic E-state index is 11.9. The number of hydrogen-bond donors (Lipinski definition) is 2. The highest BCUT2D eigenvalue weighted by atomic mass is 32.2. The van der Waals surface area contributed by atoms with Gasteiger partial charge in [0.15, 0.2) is 0 Å². The van der Waals surface area contributed by atoms with Gasteiger partial charge in [0.2, 0.25) is 0 Å². The Morgan fingerprint density at radius 2 is 1.75 bits per heavy atom. The summed E-state index contributed by atoms with van der Waals surface area (Å²) in [6, 6.07) is 18.3. The summed E-state index contributed by atoms with van der Waals surface area (Å²) >= 11 is 1.86. The van der Waals surface area contributed by atoms with E-state index in [9.17, 15) is 4.79 Å². The van der Waals surface area contributed by atoms with E-state index in [0.717, 1.165) is 17.1 Å². The van der Waals surface area contributed by atoms with Crippen LogP contribution in [0.15, 0.2) is 54.6 Å². The lowest BCUT2D eigenvalue weighted by Gasteiger charge is -2.37. The molecule has 0 unspecified atom stereocenters. The zero-order valence-corrected chi connectivity index (χ0v) is 14.7. The maximum absolute atomic E-state index is 11.9. The van der Waals surface area contributed by atoms with Crippen LogP contribution in [0.25, 0.3) is 0 Å². The standard InChI is InChI=1S/C19H22N2O2S/c1-13-18(24-12-14-8-10-16(23-2)11-9-14)17(21-19(22)20-13)15-6-4-3-5-7-15/h3-11,13,17-18H,12H2,1-2H3,(H2,20,21,22)/t13-,17+,18-/m1/s1. The Kier molecular flexibility index (Phi) is 5.30. The third-order valence-corrected chi connectivity index (χ3v) is 5.79. The summed E-state index contributed by atoms with van der Waals surface area (Å²) in [5.74, 6) is 1.76. The van der Waals surface area contributed by atoms with Gasteiger partial charge in [-0.15, -0.1) is 11.8 Å². The van der Waals surface area contributed by atoms with Crippen LogP contribution in [0.4, 0.5) is 4.79 Å². The van der Waals surface area contributed by atoms with Crippen LogP contribution >= 0.6 is 11.8 Å². The molecular weight excluding hydrogens is 320 g/mol. The van der Waals surface area contributed by atoms with Gasteiger partial charge in [-0.2, -0.15) is 0 Å². The van der Waals surface area contributed by atoms with Crippen LogP contribution in [0.1, 0.15) is 24.1 Å². The fraction of sp³-hybridized carbons (Fsp3) is 0.316. The van der Waals surface area contributed by atoms with E-state index in [0.29, 0.717) is 0 Å². The van der Waals surface area contributed by atoms with Crippen LogP contribution < -0.4 is 15.4 Å². The van der Waals surface area contributed by atoms with Gasteiger partial charge in [-0.25, -0.2) is 4.79 Å². The smallest absolute Gasteiger partial charge is 0.315 e. The van der Waals surface area contributed by atoms with Crippen molar-refractivity contribution in [2.24, 2.45) is 0 Å². The molecular formula is C19H22N2O2S. The highest BCUT2D eigenvalue weighted by Gasteiger charge is 2.35. The minimum atomic E-state index is -0.0994. The molecule has 2 N–H and O–H groups in total. The highest BCUT2D eigenvalue weighted by molar-refractivity contribution is 7.99. The molecule has 24 heavy (non-hydrogen) atoms. The normalized spacial score (nSPS) is 23.2. The zero-order chi connectivity index (χ0) is 16.9. The topological polar surface area (TPSA) is 50.4 Å². The van der Waals surface area contributed by atoms with Crippen molar-refractivity contribution in [3.63, 3.8) is 0 Å². The second-order valence-electron chi connectivity index (χ2n) is 5.92. The van der Waals surface area contributed by atoms with Crippen molar-refractivity contribution < 1.29 is 9.53 Å². The average molecular weight is 342 g/mol. The molecule has 5 heteroatoms. The number of nitrogens with one attached hydrogen (secondary N) is 2. The molecule has 1 aliphatic rings. The molecule has 0 radical (unpaired) electrons. The Morgan fingerprint density at radius 3 is 2.42 bits per heavy atom. The molecule has 1 saturated heterocycles. The van der Waals surface area contributed by atoms with Gasteiger partial charge in [0.25, 0.3) is 0 Å². The van der Waals surface area contributed by atoms with Gasteiger partial charge in [-0.1, -0.05) is 42.5 Å². The van der Waals surface area contributed by atoms with E-state index in [4.69, 9.17) is 4.74 Å². The molecule has 1 fully saturated rings. The first-order valence-electron chi connectivity index (χ1n) is 8.04. The minimum absolute atomic E-state index is 0.0122. The van der Waals surface area contributed by atoms with Crippen LogP contribution in [0.3, 0.4) is 0 Å². The van der Waals surface area contributed by atoms with Crippen molar-refractivity contribution in [3.05, 3.63) is 65.7 Å². The van der Waals surface area contributed by atoms with E-state index >= 15 is 0 Å². The summed E-state index contributed by atoms with van der Waals surface area (Å²) in [6.45, 7) is 2.07. The Labute approximate surface area is 147 Å². The maximum Gasteiger partial charge on any atom is 0.315 e. The van der Waals surface area contributed by atoms with Crippen molar-refractivity contribution in [1.29, 1.82) is 0 Å². The third kappa shape index (κ3) is 3.85. The van der Waals surface area contributed by atoms with Crippen LogP contribution in [-0.4, -0.2) is 24.4 Å². The number of carbonyl (C=O) groups is 1. The molecule has 0 saturated carbocycles. The van der Waals surface area contributed by atoms with Gasteiger partial charge in [-0.05, 0) is 30.2 Å². The van der Waals surface area contributed by atoms with E-state index in [-0.39, 0.29) is 23.4 Å². The number of hydrogen-bond acceptors (Lipinski definition) is 3. The number of methoxy groups -OCH3 is 1. The number of rotatable bonds is 5. The molecule has 0 spiro atoms. The monoisotopic (exact) mass is 342 g/mol. The molecule has 3 rings (SSSR count).